The van der Waals surface area contributed by atoms with E-state index in [2.05, 4.69) is 32.6 Å². The summed E-state index contributed by atoms with van der Waals surface area (Å²) in [6.07, 6.45) is 1.49. The first kappa shape index (κ1) is 16.8. The van der Waals surface area contributed by atoms with E-state index < -0.39 is 0 Å². The maximum Gasteiger partial charge on any atom is 0.230 e. The minimum absolute atomic E-state index is 0.492. The highest BCUT2D eigenvalue weighted by Crippen LogP contribution is 2.36. The number of nitrogens with zero attached hydrogens (tertiary/aromatic N) is 2. The van der Waals surface area contributed by atoms with E-state index in [9.17, 15) is 0 Å². The van der Waals surface area contributed by atoms with Gasteiger partial charge in [0.15, 0.2) is 11.5 Å². The van der Waals surface area contributed by atoms with E-state index in [-0.39, 0.29) is 0 Å². The summed E-state index contributed by atoms with van der Waals surface area (Å²) in [6, 6.07) is 11.5. The lowest BCUT2D eigenvalue weighted by molar-refractivity contribution is 0.288. The van der Waals surface area contributed by atoms with Crippen LogP contribution in [0.15, 0.2) is 42.7 Å². The van der Waals surface area contributed by atoms with Crippen molar-refractivity contribution in [2.45, 2.75) is 13.8 Å². The predicted molar refractivity (Wildman–Crippen MR) is 101 cm³/mol. The van der Waals surface area contributed by atoms with E-state index in [0.717, 1.165) is 20.2 Å². The molecule has 3 rings (SSSR count). The van der Waals surface area contributed by atoms with Gasteiger partial charge in [0.05, 0.1) is 24.1 Å². The molecule has 0 saturated heterocycles. The zero-order chi connectivity index (χ0) is 16.9. The SMILES string of the molecule is CCOc1cc2ncnc(Oc3cccc([125I])c3)c2cc1OCC. The van der Waals surface area contributed by atoms with Crippen molar-refractivity contribution < 1.29 is 14.2 Å². The maximum absolute atomic E-state index is 5.95. The van der Waals surface area contributed by atoms with Crippen LogP contribution < -0.4 is 14.2 Å². The Balaban J connectivity index is 2.06. The smallest absolute Gasteiger partial charge is 0.230 e. The number of halogens is 1. The molecule has 0 spiro atoms. The number of ether oxygens (including phenoxy) is 3. The second-order valence-corrected chi connectivity index (χ2v) is 6.17. The first-order chi connectivity index (χ1) is 11.7. The van der Waals surface area contributed by atoms with Gasteiger partial charge in [-0.1, -0.05) is 6.07 Å². The second-order valence-electron chi connectivity index (χ2n) is 4.92. The summed E-state index contributed by atoms with van der Waals surface area (Å²) in [5.41, 5.74) is 0.748. The lowest BCUT2D eigenvalue weighted by Crippen LogP contribution is -2.00. The predicted octanol–water partition coefficient (Wildman–Crippen LogP) is 4.82. The highest BCUT2D eigenvalue weighted by atomic mass is 125. The van der Waals surface area contributed by atoms with Crippen molar-refractivity contribution in [2.24, 2.45) is 0 Å². The van der Waals surface area contributed by atoms with Crippen LogP contribution in [0.1, 0.15) is 13.8 Å². The van der Waals surface area contributed by atoms with Crippen LogP contribution in [0.4, 0.5) is 0 Å². The quantitative estimate of drug-likeness (QED) is 0.521. The fraction of sp³-hybridized carbons (Fsp3) is 0.222. The number of fused-ring (bicyclic) bond motifs is 1. The molecule has 124 valence electrons. The van der Waals surface area contributed by atoms with Crippen LogP contribution in [-0.4, -0.2) is 23.2 Å². The van der Waals surface area contributed by atoms with Gasteiger partial charge in [-0.25, -0.2) is 9.97 Å². The summed E-state index contributed by atoms with van der Waals surface area (Å²) in [6.45, 7) is 4.98. The molecule has 6 heteroatoms. The summed E-state index contributed by atoms with van der Waals surface area (Å²) < 4.78 is 18.4. The molecule has 0 N–H and O–H groups in total. The molecule has 0 unspecified atom stereocenters. The van der Waals surface area contributed by atoms with Crippen molar-refractivity contribution in [3.05, 3.63) is 46.3 Å². The van der Waals surface area contributed by atoms with Gasteiger partial charge in [-0.15, -0.1) is 0 Å². The van der Waals surface area contributed by atoms with E-state index >= 15 is 0 Å². The Morgan fingerprint density at radius 1 is 0.958 bits per heavy atom. The molecular weight excluding hydrogens is 417 g/mol. The van der Waals surface area contributed by atoms with Crippen LogP contribution in [0, 0.1) is 3.57 Å². The highest BCUT2D eigenvalue weighted by Gasteiger charge is 2.13. The molecule has 0 amide bonds. The lowest BCUT2D eigenvalue weighted by Gasteiger charge is -2.13. The number of hydrogen-bond acceptors (Lipinski definition) is 5. The Bertz CT molecular complexity index is 855. The second kappa shape index (κ2) is 7.65. The number of hydrogen-bond donors (Lipinski definition) is 0. The Morgan fingerprint density at radius 3 is 2.42 bits per heavy atom. The Labute approximate surface area is 154 Å². The highest BCUT2D eigenvalue weighted by molar-refractivity contribution is 14.1. The molecule has 0 aliphatic rings. The van der Waals surface area contributed by atoms with Gasteiger partial charge in [0, 0.05) is 9.64 Å². The van der Waals surface area contributed by atoms with Crippen LogP contribution in [0.3, 0.4) is 0 Å². The Kier molecular flexibility index (Phi) is 5.34. The normalized spacial score (nSPS) is 10.6. The van der Waals surface area contributed by atoms with E-state index in [1.165, 1.54) is 6.33 Å². The van der Waals surface area contributed by atoms with Crippen LogP contribution in [-0.2, 0) is 0 Å². The van der Waals surface area contributed by atoms with E-state index in [1.54, 1.807) is 0 Å². The van der Waals surface area contributed by atoms with Gasteiger partial charge in [-0.2, -0.15) is 0 Å². The van der Waals surface area contributed by atoms with Gasteiger partial charge in [0.2, 0.25) is 5.88 Å². The number of aromatic nitrogens is 2. The number of rotatable bonds is 6. The third kappa shape index (κ3) is 3.69. The number of benzene rings is 2. The van der Waals surface area contributed by atoms with Crippen LogP contribution >= 0.6 is 22.6 Å². The monoisotopic (exact) mass is 434 g/mol. The minimum atomic E-state index is 0.492. The first-order valence-corrected chi connectivity index (χ1v) is 8.77. The van der Waals surface area contributed by atoms with Gasteiger partial charge < -0.3 is 14.2 Å². The van der Waals surface area contributed by atoms with Crippen molar-refractivity contribution in [1.82, 2.24) is 9.97 Å². The van der Waals surface area contributed by atoms with Crippen molar-refractivity contribution in [3.8, 4) is 23.1 Å². The van der Waals surface area contributed by atoms with Crippen LogP contribution in [0.25, 0.3) is 10.9 Å². The van der Waals surface area contributed by atoms with Gasteiger partial charge in [0.25, 0.3) is 0 Å². The van der Waals surface area contributed by atoms with Crippen molar-refractivity contribution in [1.29, 1.82) is 0 Å². The van der Waals surface area contributed by atoms with Crippen LogP contribution in [0.2, 0.25) is 0 Å². The zero-order valence-electron chi connectivity index (χ0n) is 13.5. The molecule has 24 heavy (non-hydrogen) atoms. The molecule has 2 aromatic carbocycles. The molecule has 1 heterocycles. The standard InChI is InChI=1S/C18H17IN2O3/c1-3-22-16-9-14-15(10-17(16)23-4-2)20-11-21-18(14)24-13-7-5-6-12(19)8-13/h5-11H,3-4H2,1-2H3/i19-2. The molecule has 0 radical (unpaired) electrons. The summed E-state index contributed by atoms with van der Waals surface area (Å²) in [7, 11) is 0. The Morgan fingerprint density at radius 2 is 1.71 bits per heavy atom. The molecular formula is C18H17IN2O3. The third-order valence-corrected chi connectivity index (χ3v) is 3.95. The molecule has 0 fully saturated rings. The molecule has 3 aromatic rings. The van der Waals surface area contributed by atoms with Crippen LogP contribution in [0.5, 0.6) is 23.1 Å². The van der Waals surface area contributed by atoms with Crippen molar-refractivity contribution >= 4 is 33.5 Å². The summed E-state index contributed by atoms with van der Waals surface area (Å²) in [4.78, 5) is 8.59. The molecule has 0 aliphatic heterocycles. The summed E-state index contributed by atoms with van der Waals surface area (Å²) >= 11 is 2.25. The Hall–Kier alpha value is -2.09. The fourth-order valence-electron chi connectivity index (χ4n) is 2.30. The molecule has 5 nitrogen and oxygen atoms in total. The maximum atomic E-state index is 5.95. The lowest BCUT2D eigenvalue weighted by atomic mass is 10.2. The zero-order valence-corrected chi connectivity index (χ0v) is 15.6. The van der Waals surface area contributed by atoms with Crippen molar-refractivity contribution in [2.75, 3.05) is 13.2 Å². The molecule has 0 bridgehead atoms. The summed E-state index contributed by atoms with van der Waals surface area (Å²) in [5.74, 6) is 2.56. The van der Waals surface area contributed by atoms with Gasteiger partial charge in [0.1, 0.15) is 12.1 Å². The van der Waals surface area contributed by atoms with E-state index in [0.29, 0.717) is 30.6 Å². The van der Waals surface area contributed by atoms with Crippen molar-refractivity contribution in [3.63, 3.8) is 0 Å². The summed E-state index contributed by atoms with van der Waals surface area (Å²) in [5, 5.41) is 0.781. The largest absolute Gasteiger partial charge is 0.490 e. The molecule has 0 aliphatic carbocycles. The van der Waals surface area contributed by atoms with Gasteiger partial charge >= 0.3 is 0 Å². The van der Waals surface area contributed by atoms with E-state index in [1.807, 2.05) is 50.2 Å². The average Bonchev–Trinajstić information content (AvgIpc) is 2.56. The average molecular weight is 434 g/mol. The van der Waals surface area contributed by atoms with E-state index in [4.69, 9.17) is 14.2 Å². The molecule has 1 aromatic heterocycles. The topological polar surface area (TPSA) is 53.5 Å². The minimum Gasteiger partial charge on any atom is -0.490 e. The third-order valence-electron chi connectivity index (χ3n) is 3.27. The fourth-order valence-corrected chi connectivity index (χ4v) is 2.81. The molecule has 0 saturated carbocycles. The van der Waals surface area contributed by atoms with Gasteiger partial charge in [-0.3, -0.25) is 0 Å². The molecule has 0 atom stereocenters. The van der Waals surface area contributed by atoms with Gasteiger partial charge in [-0.05, 0) is 60.7 Å². The first-order valence-electron chi connectivity index (χ1n) is 7.69.